The molecule has 4 aromatic rings. The summed E-state index contributed by atoms with van der Waals surface area (Å²) < 4.78 is 5.33. The van der Waals surface area contributed by atoms with Crippen molar-refractivity contribution in [2.45, 2.75) is 38.6 Å². The minimum atomic E-state index is -0.227. The van der Waals surface area contributed by atoms with E-state index in [2.05, 4.69) is 40.7 Å². The highest BCUT2D eigenvalue weighted by atomic mass is 32.1. The number of rotatable bonds is 6. The zero-order valence-electron chi connectivity index (χ0n) is 17.9. The fourth-order valence-electron chi connectivity index (χ4n) is 4.29. The molecule has 3 heterocycles. The molecule has 5 nitrogen and oxygen atoms in total. The predicted octanol–water partition coefficient (Wildman–Crippen LogP) is 6.38. The molecule has 1 unspecified atom stereocenters. The summed E-state index contributed by atoms with van der Waals surface area (Å²) in [7, 11) is 0. The molecule has 0 saturated heterocycles. The molecule has 1 atom stereocenters. The maximum atomic E-state index is 12.9. The number of aryl methyl sites for hydroxylation is 2. The van der Waals surface area contributed by atoms with Crippen LogP contribution in [0, 0.1) is 6.92 Å². The average Bonchev–Trinajstić information content (AvgIpc) is 3.46. The third-order valence-electron chi connectivity index (χ3n) is 5.81. The Bertz CT molecular complexity index is 1220. The minimum absolute atomic E-state index is 0.129. The van der Waals surface area contributed by atoms with Crippen molar-refractivity contribution >= 4 is 28.1 Å². The SMILES string of the molecule is Cc1ccnc(NC(c2ccccc2)c2c(NC(=O)c3ccco3)sc3c2CCCC3)c1. The molecule has 32 heavy (non-hydrogen) atoms. The minimum Gasteiger partial charge on any atom is -0.459 e. The summed E-state index contributed by atoms with van der Waals surface area (Å²) in [6, 6.07) is 17.7. The van der Waals surface area contributed by atoms with Crippen LogP contribution in [0.1, 0.15) is 56.6 Å². The number of nitrogens with zero attached hydrogens (tertiary/aromatic N) is 1. The number of amides is 1. The van der Waals surface area contributed by atoms with Crippen LogP contribution in [0.5, 0.6) is 0 Å². The number of carbonyl (C=O) groups is 1. The molecule has 2 N–H and O–H groups in total. The molecular weight excluding hydrogens is 418 g/mol. The van der Waals surface area contributed by atoms with E-state index in [-0.39, 0.29) is 11.9 Å². The molecule has 0 bridgehead atoms. The lowest BCUT2D eigenvalue weighted by Crippen LogP contribution is -2.18. The third kappa shape index (κ3) is 4.18. The Morgan fingerprint density at radius 3 is 2.72 bits per heavy atom. The number of thiophene rings is 1. The highest BCUT2D eigenvalue weighted by molar-refractivity contribution is 7.16. The first-order valence-corrected chi connectivity index (χ1v) is 11.7. The molecule has 0 fully saturated rings. The smallest absolute Gasteiger partial charge is 0.291 e. The lowest BCUT2D eigenvalue weighted by Gasteiger charge is -2.24. The van der Waals surface area contributed by atoms with Gasteiger partial charge in [0.15, 0.2) is 5.76 Å². The molecule has 0 aliphatic heterocycles. The van der Waals surface area contributed by atoms with Gasteiger partial charge in [0.05, 0.1) is 12.3 Å². The van der Waals surface area contributed by atoms with Crippen molar-refractivity contribution in [3.8, 4) is 0 Å². The first-order chi connectivity index (χ1) is 15.7. The summed E-state index contributed by atoms with van der Waals surface area (Å²) >= 11 is 1.69. The predicted molar refractivity (Wildman–Crippen MR) is 129 cm³/mol. The molecule has 1 amide bonds. The van der Waals surface area contributed by atoms with E-state index in [0.29, 0.717) is 5.76 Å². The largest absolute Gasteiger partial charge is 0.459 e. The summed E-state index contributed by atoms with van der Waals surface area (Å²) in [4.78, 5) is 18.8. The molecule has 1 aliphatic carbocycles. The zero-order valence-corrected chi connectivity index (χ0v) is 18.7. The third-order valence-corrected chi connectivity index (χ3v) is 7.04. The normalized spacial score (nSPS) is 13.9. The maximum absolute atomic E-state index is 12.9. The van der Waals surface area contributed by atoms with E-state index < -0.39 is 0 Å². The molecule has 6 heteroatoms. The van der Waals surface area contributed by atoms with E-state index >= 15 is 0 Å². The van der Waals surface area contributed by atoms with Crippen LogP contribution >= 0.6 is 11.3 Å². The molecule has 3 aromatic heterocycles. The van der Waals surface area contributed by atoms with Crippen molar-refractivity contribution < 1.29 is 9.21 Å². The van der Waals surface area contributed by atoms with Crippen LogP contribution in [0.15, 0.2) is 71.5 Å². The summed E-state index contributed by atoms with van der Waals surface area (Å²) in [6.07, 6.45) is 7.75. The lowest BCUT2D eigenvalue weighted by atomic mass is 9.89. The molecule has 1 aliphatic rings. The Labute approximate surface area is 191 Å². The van der Waals surface area contributed by atoms with Gasteiger partial charge in [-0.1, -0.05) is 30.3 Å². The van der Waals surface area contributed by atoms with Crippen LogP contribution in [0.25, 0.3) is 0 Å². The van der Waals surface area contributed by atoms with Gasteiger partial charge in [-0.25, -0.2) is 4.98 Å². The van der Waals surface area contributed by atoms with Crippen LogP contribution in [0.4, 0.5) is 10.8 Å². The Morgan fingerprint density at radius 1 is 1.09 bits per heavy atom. The van der Waals surface area contributed by atoms with Gasteiger partial charge in [-0.15, -0.1) is 11.3 Å². The number of benzene rings is 1. The fourth-order valence-corrected chi connectivity index (χ4v) is 5.61. The lowest BCUT2D eigenvalue weighted by molar-refractivity contribution is 0.0997. The highest BCUT2D eigenvalue weighted by Gasteiger charge is 2.29. The standard InChI is InChI=1S/C26H25N3O2S/c1-17-13-14-27-22(16-17)28-24(18-8-3-2-4-9-18)23-19-10-5-6-12-21(19)32-26(23)29-25(30)20-11-7-15-31-20/h2-4,7-9,11,13-16,24H,5-6,10,12H2,1H3,(H,27,28)(H,29,30). The van der Waals surface area contributed by atoms with Gasteiger partial charge >= 0.3 is 0 Å². The van der Waals surface area contributed by atoms with Crippen LogP contribution in [-0.4, -0.2) is 10.9 Å². The number of hydrogen-bond acceptors (Lipinski definition) is 5. The van der Waals surface area contributed by atoms with Crippen molar-refractivity contribution in [1.29, 1.82) is 0 Å². The van der Waals surface area contributed by atoms with E-state index in [0.717, 1.165) is 46.8 Å². The first-order valence-electron chi connectivity index (χ1n) is 10.9. The summed E-state index contributed by atoms with van der Waals surface area (Å²) in [5, 5.41) is 7.68. The van der Waals surface area contributed by atoms with Gasteiger partial charge in [0.2, 0.25) is 0 Å². The van der Waals surface area contributed by atoms with Crippen LogP contribution < -0.4 is 10.6 Å². The fraction of sp³-hybridized carbons (Fsp3) is 0.231. The number of carbonyl (C=O) groups excluding carboxylic acids is 1. The second-order valence-electron chi connectivity index (χ2n) is 8.09. The molecule has 5 rings (SSSR count). The number of nitrogens with one attached hydrogen (secondary N) is 2. The number of aromatic nitrogens is 1. The number of fused-ring (bicyclic) bond motifs is 1. The Morgan fingerprint density at radius 2 is 1.94 bits per heavy atom. The second kappa shape index (κ2) is 9.01. The van der Waals surface area contributed by atoms with Gasteiger partial charge in [0.1, 0.15) is 10.8 Å². The summed E-state index contributed by atoms with van der Waals surface area (Å²) in [6.45, 7) is 2.06. The first kappa shape index (κ1) is 20.5. The summed E-state index contributed by atoms with van der Waals surface area (Å²) in [5.74, 6) is 0.903. The van der Waals surface area contributed by atoms with Crippen molar-refractivity contribution in [1.82, 2.24) is 4.98 Å². The van der Waals surface area contributed by atoms with E-state index in [1.54, 1.807) is 23.5 Å². The Kier molecular flexibility index (Phi) is 5.77. The van der Waals surface area contributed by atoms with Gasteiger partial charge < -0.3 is 15.1 Å². The zero-order chi connectivity index (χ0) is 21.9. The molecule has 0 saturated carbocycles. The van der Waals surface area contributed by atoms with Crippen LogP contribution in [0.2, 0.25) is 0 Å². The average molecular weight is 444 g/mol. The van der Waals surface area contributed by atoms with Gasteiger partial charge in [0, 0.05) is 16.6 Å². The monoisotopic (exact) mass is 443 g/mol. The van der Waals surface area contributed by atoms with Crippen molar-refractivity contribution in [2.24, 2.45) is 0 Å². The number of anilines is 2. The van der Waals surface area contributed by atoms with Crippen molar-refractivity contribution in [3.05, 3.63) is 99.9 Å². The van der Waals surface area contributed by atoms with Gasteiger partial charge in [-0.05, 0) is 73.6 Å². The van der Waals surface area contributed by atoms with Crippen molar-refractivity contribution in [3.63, 3.8) is 0 Å². The second-order valence-corrected chi connectivity index (χ2v) is 9.20. The van der Waals surface area contributed by atoms with Crippen LogP contribution in [-0.2, 0) is 12.8 Å². The van der Waals surface area contributed by atoms with Gasteiger partial charge in [0.25, 0.3) is 5.91 Å². The topological polar surface area (TPSA) is 67.2 Å². The molecule has 0 spiro atoms. The quantitative estimate of drug-likeness (QED) is 0.363. The van der Waals surface area contributed by atoms with Gasteiger partial charge in [-0.3, -0.25) is 4.79 Å². The Hall–Kier alpha value is -3.38. The number of pyridine rings is 1. The van der Waals surface area contributed by atoms with E-state index in [9.17, 15) is 4.79 Å². The van der Waals surface area contributed by atoms with Crippen LogP contribution in [0.3, 0.4) is 0 Å². The molecular formula is C26H25N3O2S. The number of furan rings is 1. The highest BCUT2D eigenvalue weighted by Crippen LogP contribution is 2.44. The van der Waals surface area contributed by atoms with E-state index in [4.69, 9.17) is 4.42 Å². The molecule has 162 valence electrons. The van der Waals surface area contributed by atoms with E-state index in [1.807, 2.05) is 30.5 Å². The molecule has 1 aromatic carbocycles. The maximum Gasteiger partial charge on any atom is 0.291 e. The van der Waals surface area contributed by atoms with Crippen molar-refractivity contribution in [2.75, 3.05) is 10.6 Å². The van der Waals surface area contributed by atoms with Gasteiger partial charge in [-0.2, -0.15) is 0 Å². The van der Waals surface area contributed by atoms with E-state index in [1.165, 1.54) is 23.1 Å². The summed E-state index contributed by atoms with van der Waals surface area (Å²) in [5.41, 5.74) is 4.77. The molecule has 0 radical (unpaired) electrons. The Balaban J connectivity index is 1.61. The number of hydrogen-bond donors (Lipinski definition) is 2.